The highest BCUT2D eigenvalue weighted by Gasteiger charge is 2.21. The van der Waals surface area contributed by atoms with Crippen LogP contribution in [0, 0.1) is 6.92 Å². The van der Waals surface area contributed by atoms with Gasteiger partial charge in [0.1, 0.15) is 6.26 Å². The van der Waals surface area contributed by atoms with E-state index in [-0.39, 0.29) is 17.4 Å². The van der Waals surface area contributed by atoms with Gasteiger partial charge in [-0.15, -0.1) is 0 Å². The van der Waals surface area contributed by atoms with Crippen LogP contribution in [0.5, 0.6) is 0 Å². The Hall–Kier alpha value is -3.17. The zero-order valence-electron chi connectivity index (χ0n) is 14.2. The number of nitrogens with zero attached hydrogens (tertiary/aromatic N) is 2. The first kappa shape index (κ1) is 17.3. The Kier molecular flexibility index (Phi) is 4.38. The van der Waals surface area contributed by atoms with Gasteiger partial charge in [0.2, 0.25) is 16.7 Å². The Morgan fingerprint density at radius 1 is 1.07 bits per heavy atom. The van der Waals surface area contributed by atoms with E-state index in [1.54, 1.807) is 13.0 Å². The Morgan fingerprint density at radius 2 is 1.89 bits per heavy atom. The largest absolute Gasteiger partial charge is 0.444 e. The van der Waals surface area contributed by atoms with E-state index in [0.717, 1.165) is 5.56 Å². The first-order chi connectivity index (χ1) is 13.0. The van der Waals surface area contributed by atoms with E-state index in [2.05, 4.69) is 14.9 Å². The molecule has 27 heavy (non-hydrogen) atoms. The van der Waals surface area contributed by atoms with Crippen molar-refractivity contribution in [3.05, 3.63) is 66.2 Å². The third kappa shape index (κ3) is 3.69. The first-order valence-electron chi connectivity index (χ1n) is 8.04. The second kappa shape index (κ2) is 6.86. The fourth-order valence-electron chi connectivity index (χ4n) is 2.42. The van der Waals surface area contributed by atoms with Crippen molar-refractivity contribution in [3.63, 3.8) is 0 Å². The molecule has 0 unspecified atom stereocenters. The van der Waals surface area contributed by atoms with Crippen LogP contribution in [-0.4, -0.2) is 18.6 Å². The summed E-state index contributed by atoms with van der Waals surface area (Å²) in [7, 11) is -3.85. The van der Waals surface area contributed by atoms with E-state index in [0.29, 0.717) is 23.0 Å². The Bertz CT molecular complexity index is 1160. The standard InChI is InChI=1S/C18H15N3O5S/c1-12-9-16(26-21-12)15-7-8-17(25-15)27(22,23)19-10-14-11-24-18(20-14)13-5-3-2-4-6-13/h2-9,11,19H,10H2,1H3. The Morgan fingerprint density at radius 3 is 2.63 bits per heavy atom. The highest BCUT2D eigenvalue weighted by molar-refractivity contribution is 7.89. The number of oxazole rings is 1. The summed E-state index contributed by atoms with van der Waals surface area (Å²) in [6.07, 6.45) is 1.41. The molecule has 1 N–H and O–H groups in total. The van der Waals surface area contributed by atoms with Crippen LogP contribution in [0.25, 0.3) is 23.0 Å². The molecule has 0 fully saturated rings. The van der Waals surface area contributed by atoms with Crippen LogP contribution in [0.2, 0.25) is 0 Å². The van der Waals surface area contributed by atoms with Gasteiger partial charge in [0.25, 0.3) is 10.0 Å². The minimum absolute atomic E-state index is 0.0316. The lowest BCUT2D eigenvalue weighted by atomic mass is 10.2. The number of benzene rings is 1. The molecule has 0 saturated heterocycles. The number of sulfonamides is 1. The van der Waals surface area contributed by atoms with E-state index in [9.17, 15) is 8.42 Å². The molecule has 8 nitrogen and oxygen atoms in total. The number of aryl methyl sites for hydroxylation is 1. The van der Waals surface area contributed by atoms with Crippen LogP contribution >= 0.6 is 0 Å². The molecule has 3 heterocycles. The molecule has 9 heteroatoms. The zero-order valence-corrected chi connectivity index (χ0v) is 15.1. The Labute approximate surface area is 154 Å². The third-order valence-electron chi connectivity index (χ3n) is 3.73. The minimum Gasteiger partial charge on any atom is -0.444 e. The zero-order chi connectivity index (χ0) is 18.9. The molecule has 138 valence electrons. The number of hydrogen-bond acceptors (Lipinski definition) is 7. The molecule has 0 bridgehead atoms. The molecular weight excluding hydrogens is 370 g/mol. The average Bonchev–Trinajstić information content (AvgIpc) is 3.41. The van der Waals surface area contributed by atoms with Crippen LogP contribution in [0.3, 0.4) is 0 Å². The molecule has 3 aromatic heterocycles. The lowest BCUT2D eigenvalue weighted by Crippen LogP contribution is -2.22. The van der Waals surface area contributed by atoms with Crippen molar-refractivity contribution in [1.82, 2.24) is 14.9 Å². The van der Waals surface area contributed by atoms with E-state index in [1.165, 1.54) is 18.4 Å². The SMILES string of the molecule is Cc1cc(-c2ccc(S(=O)(=O)NCc3coc(-c4ccccc4)n3)o2)on1. The predicted octanol–water partition coefficient (Wildman–Crippen LogP) is 3.38. The fraction of sp³-hybridized carbons (Fsp3) is 0.111. The number of rotatable bonds is 6. The highest BCUT2D eigenvalue weighted by atomic mass is 32.2. The van der Waals surface area contributed by atoms with Crippen molar-refractivity contribution in [2.24, 2.45) is 0 Å². The number of hydrogen-bond donors (Lipinski definition) is 1. The maximum absolute atomic E-state index is 12.4. The van der Waals surface area contributed by atoms with Gasteiger partial charge in [-0.1, -0.05) is 23.4 Å². The van der Waals surface area contributed by atoms with Crippen molar-refractivity contribution < 1.29 is 21.8 Å². The molecule has 4 aromatic rings. The third-order valence-corrected chi connectivity index (χ3v) is 5.01. The van der Waals surface area contributed by atoms with Gasteiger partial charge in [0.05, 0.1) is 17.9 Å². The van der Waals surface area contributed by atoms with Crippen molar-refractivity contribution in [1.29, 1.82) is 0 Å². The molecule has 0 radical (unpaired) electrons. The second-order valence-corrected chi connectivity index (χ2v) is 7.48. The van der Waals surface area contributed by atoms with Crippen molar-refractivity contribution in [2.75, 3.05) is 0 Å². The van der Waals surface area contributed by atoms with Crippen molar-refractivity contribution in [2.45, 2.75) is 18.6 Å². The highest BCUT2D eigenvalue weighted by Crippen LogP contribution is 2.25. The molecule has 1 aromatic carbocycles. The van der Waals surface area contributed by atoms with E-state index < -0.39 is 10.0 Å². The summed E-state index contributed by atoms with van der Waals surface area (Å²) in [5.41, 5.74) is 1.93. The molecule has 0 amide bonds. The molecule has 0 aliphatic carbocycles. The Balaban J connectivity index is 1.46. The van der Waals surface area contributed by atoms with Gasteiger partial charge in [-0.25, -0.2) is 18.1 Å². The smallest absolute Gasteiger partial charge is 0.274 e. The molecule has 0 aliphatic heterocycles. The van der Waals surface area contributed by atoms with Gasteiger partial charge in [0, 0.05) is 11.6 Å². The summed E-state index contributed by atoms with van der Waals surface area (Å²) in [6, 6.07) is 13.9. The predicted molar refractivity (Wildman–Crippen MR) is 94.9 cm³/mol. The summed E-state index contributed by atoms with van der Waals surface area (Å²) in [6.45, 7) is 1.73. The van der Waals surface area contributed by atoms with Crippen LogP contribution in [0.4, 0.5) is 0 Å². The maximum Gasteiger partial charge on any atom is 0.274 e. The molecule has 0 saturated carbocycles. The summed E-state index contributed by atoms with van der Waals surface area (Å²) in [4.78, 5) is 4.29. The molecule has 0 aliphatic rings. The van der Waals surface area contributed by atoms with Gasteiger partial charge in [-0.2, -0.15) is 0 Å². The second-order valence-electron chi connectivity index (χ2n) is 5.79. The van der Waals surface area contributed by atoms with Crippen LogP contribution < -0.4 is 4.72 Å². The molecule has 0 atom stereocenters. The quantitative estimate of drug-likeness (QED) is 0.541. The van der Waals surface area contributed by atoms with Crippen LogP contribution in [-0.2, 0) is 16.6 Å². The summed E-state index contributed by atoms with van der Waals surface area (Å²) in [5, 5.41) is 3.53. The average molecular weight is 385 g/mol. The van der Waals surface area contributed by atoms with Gasteiger partial charge < -0.3 is 13.4 Å². The van der Waals surface area contributed by atoms with E-state index >= 15 is 0 Å². The van der Waals surface area contributed by atoms with Gasteiger partial charge >= 0.3 is 0 Å². The number of furan rings is 1. The summed E-state index contributed by atoms with van der Waals surface area (Å²) in [5.74, 6) is 1.06. The number of aromatic nitrogens is 2. The lowest BCUT2D eigenvalue weighted by molar-refractivity contribution is 0.397. The van der Waals surface area contributed by atoms with E-state index in [4.69, 9.17) is 13.4 Å². The van der Waals surface area contributed by atoms with Gasteiger partial charge in [-0.3, -0.25) is 0 Å². The summed E-state index contributed by atoms with van der Waals surface area (Å²) >= 11 is 0. The molecule has 0 spiro atoms. The first-order valence-corrected chi connectivity index (χ1v) is 9.52. The van der Waals surface area contributed by atoms with Gasteiger partial charge in [0.15, 0.2) is 5.76 Å². The van der Waals surface area contributed by atoms with Crippen LogP contribution in [0.1, 0.15) is 11.4 Å². The van der Waals surface area contributed by atoms with Crippen LogP contribution in [0.15, 0.2) is 73.2 Å². The van der Waals surface area contributed by atoms with Gasteiger partial charge in [-0.05, 0) is 31.2 Å². The van der Waals surface area contributed by atoms with E-state index in [1.807, 2.05) is 30.3 Å². The number of nitrogens with one attached hydrogen (secondary N) is 1. The summed E-state index contributed by atoms with van der Waals surface area (Å²) < 4.78 is 43.1. The monoisotopic (exact) mass is 385 g/mol. The normalized spacial score (nSPS) is 11.7. The maximum atomic E-state index is 12.4. The fourth-order valence-corrected chi connectivity index (χ4v) is 3.35. The lowest BCUT2D eigenvalue weighted by Gasteiger charge is -2.01. The topological polar surface area (TPSA) is 111 Å². The molecule has 4 rings (SSSR count). The molecular formula is C18H15N3O5S. The van der Waals surface area contributed by atoms with Crippen molar-refractivity contribution in [3.8, 4) is 23.0 Å². The van der Waals surface area contributed by atoms with Crippen molar-refractivity contribution >= 4 is 10.0 Å². The minimum atomic E-state index is -3.85.